The van der Waals surface area contributed by atoms with Gasteiger partial charge in [0.15, 0.2) is 11.5 Å². The van der Waals surface area contributed by atoms with Crippen LogP contribution in [0.3, 0.4) is 0 Å². The van der Waals surface area contributed by atoms with Crippen molar-refractivity contribution in [2.45, 2.75) is 58.0 Å². The number of carbonyl (C=O) groups excluding carboxylic acids is 3. The van der Waals surface area contributed by atoms with E-state index in [4.69, 9.17) is 9.47 Å². The van der Waals surface area contributed by atoms with Gasteiger partial charge in [0.25, 0.3) is 5.91 Å². The van der Waals surface area contributed by atoms with Crippen molar-refractivity contribution >= 4 is 17.8 Å². The van der Waals surface area contributed by atoms with Crippen molar-refractivity contribution in [3.63, 3.8) is 0 Å². The van der Waals surface area contributed by atoms with E-state index in [1.807, 2.05) is 39.0 Å². The molecule has 2 aliphatic heterocycles. The number of ether oxygens (including phenoxy) is 2. The molecule has 0 unspecified atom stereocenters. The molecule has 1 saturated heterocycles. The van der Waals surface area contributed by atoms with Gasteiger partial charge in [0.2, 0.25) is 5.91 Å². The van der Waals surface area contributed by atoms with Crippen LogP contribution in [0.1, 0.15) is 58.1 Å². The van der Waals surface area contributed by atoms with Crippen LogP contribution >= 0.6 is 0 Å². The molecule has 3 atom stereocenters. The molecule has 8 heteroatoms. The Balaban J connectivity index is 1.46. The molecular weight excluding hydrogens is 398 g/mol. The lowest BCUT2D eigenvalue weighted by atomic mass is 9.73. The number of urea groups is 1. The normalized spacial score (nSPS) is 26.2. The molecular formula is C23H31N3O5. The largest absolute Gasteiger partial charge is 0.486 e. The summed E-state index contributed by atoms with van der Waals surface area (Å²) >= 11 is 0. The summed E-state index contributed by atoms with van der Waals surface area (Å²) in [5.41, 5.74) is 0.0327. The second-order valence-electron chi connectivity index (χ2n) is 9.13. The van der Waals surface area contributed by atoms with Crippen molar-refractivity contribution < 1.29 is 23.9 Å². The van der Waals surface area contributed by atoms with Gasteiger partial charge >= 0.3 is 6.03 Å². The third-order valence-electron chi connectivity index (χ3n) is 6.71. The van der Waals surface area contributed by atoms with Gasteiger partial charge in [0.1, 0.15) is 25.3 Å². The average molecular weight is 430 g/mol. The number of rotatable bonds is 5. The quantitative estimate of drug-likeness (QED) is 0.702. The molecule has 1 spiro atoms. The Morgan fingerprint density at radius 1 is 1.23 bits per heavy atom. The fourth-order valence-corrected chi connectivity index (χ4v) is 4.89. The lowest BCUT2D eigenvalue weighted by Gasteiger charge is -2.36. The number of imide groups is 1. The summed E-state index contributed by atoms with van der Waals surface area (Å²) in [5.74, 6) is 0.866. The first-order valence-electron chi connectivity index (χ1n) is 11.1. The van der Waals surface area contributed by atoms with Crippen LogP contribution in [0.4, 0.5) is 4.79 Å². The van der Waals surface area contributed by atoms with Gasteiger partial charge < -0.3 is 20.1 Å². The first-order valence-corrected chi connectivity index (χ1v) is 11.1. The molecule has 31 heavy (non-hydrogen) atoms. The number of amides is 4. The molecule has 2 fully saturated rings. The van der Waals surface area contributed by atoms with Crippen molar-refractivity contribution in [2.24, 2.45) is 11.8 Å². The maximum absolute atomic E-state index is 13.1. The molecule has 0 bridgehead atoms. The Morgan fingerprint density at radius 3 is 2.68 bits per heavy atom. The summed E-state index contributed by atoms with van der Waals surface area (Å²) in [5, 5.41) is 5.89. The summed E-state index contributed by atoms with van der Waals surface area (Å²) in [6.45, 7) is 6.73. The molecule has 1 saturated carbocycles. The van der Waals surface area contributed by atoms with Crippen LogP contribution in [0.5, 0.6) is 11.5 Å². The smallest absolute Gasteiger partial charge is 0.325 e. The second-order valence-corrected chi connectivity index (χ2v) is 9.13. The van der Waals surface area contributed by atoms with Gasteiger partial charge in [-0.3, -0.25) is 14.5 Å². The number of nitrogens with one attached hydrogen (secondary N) is 2. The SMILES string of the molecule is CC(C)[C@@H](NC(=O)CN1C(=O)N[C@]2(CCCC[C@H]2C)C1=O)c1ccc2c(c1)OCCO2. The fourth-order valence-electron chi connectivity index (χ4n) is 4.89. The molecule has 2 N–H and O–H groups in total. The van der Waals surface area contributed by atoms with Crippen LogP contribution in [-0.4, -0.2) is 48.0 Å². The van der Waals surface area contributed by atoms with Gasteiger partial charge in [-0.15, -0.1) is 0 Å². The maximum atomic E-state index is 13.1. The summed E-state index contributed by atoms with van der Waals surface area (Å²) in [7, 11) is 0. The predicted octanol–water partition coefficient (Wildman–Crippen LogP) is 2.77. The van der Waals surface area contributed by atoms with Gasteiger partial charge in [0, 0.05) is 0 Å². The van der Waals surface area contributed by atoms with Gasteiger partial charge in [-0.1, -0.05) is 39.7 Å². The first kappa shape index (κ1) is 21.5. The molecule has 2 heterocycles. The Hall–Kier alpha value is -2.77. The van der Waals surface area contributed by atoms with E-state index in [1.54, 1.807) is 0 Å². The van der Waals surface area contributed by atoms with E-state index in [-0.39, 0.29) is 36.2 Å². The Labute approximate surface area is 182 Å². The van der Waals surface area contributed by atoms with Gasteiger partial charge in [-0.2, -0.15) is 0 Å². The molecule has 3 aliphatic rings. The number of hydrogen-bond acceptors (Lipinski definition) is 5. The molecule has 1 aliphatic carbocycles. The zero-order chi connectivity index (χ0) is 22.2. The highest BCUT2D eigenvalue weighted by Gasteiger charge is 2.55. The minimum atomic E-state index is -0.858. The van der Waals surface area contributed by atoms with Crippen LogP contribution in [0.15, 0.2) is 18.2 Å². The minimum Gasteiger partial charge on any atom is -0.486 e. The molecule has 168 valence electrons. The molecule has 4 amide bonds. The fraction of sp³-hybridized carbons (Fsp3) is 0.609. The highest BCUT2D eigenvalue weighted by atomic mass is 16.6. The zero-order valence-corrected chi connectivity index (χ0v) is 18.4. The number of hydrogen-bond donors (Lipinski definition) is 2. The van der Waals surface area contributed by atoms with Crippen LogP contribution in [0.25, 0.3) is 0 Å². The Bertz CT molecular complexity index is 886. The lowest BCUT2D eigenvalue weighted by molar-refractivity contribution is -0.137. The summed E-state index contributed by atoms with van der Waals surface area (Å²) in [6.07, 6.45) is 3.47. The summed E-state index contributed by atoms with van der Waals surface area (Å²) in [4.78, 5) is 39.6. The molecule has 8 nitrogen and oxygen atoms in total. The van der Waals surface area contributed by atoms with E-state index in [0.717, 1.165) is 29.7 Å². The first-order chi connectivity index (χ1) is 14.8. The van der Waals surface area contributed by atoms with Crippen molar-refractivity contribution in [3.05, 3.63) is 23.8 Å². The third kappa shape index (κ3) is 3.95. The summed E-state index contributed by atoms with van der Waals surface area (Å²) in [6, 6.07) is 4.87. The van der Waals surface area contributed by atoms with Crippen LogP contribution in [-0.2, 0) is 9.59 Å². The molecule has 1 aromatic rings. The van der Waals surface area contributed by atoms with E-state index in [9.17, 15) is 14.4 Å². The lowest BCUT2D eigenvalue weighted by Crippen LogP contribution is -2.54. The predicted molar refractivity (Wildman–Crippen MR) is 114 cm³/mol. The maximum Gasteiger partial charge on any atom is 0.325 e. The van der Waals surface area contributed by atoms with E-state index in [0.29, 0.717) is 31.1 Å². The Morgan fingerprint density at radius 2 is 1.97 bits per heavy atom. The zero-order valence-electron chi connectivity index (χ0n) is 18.4. The number of benzene rings is 1. The van der Waals surface area contributed by atoms with Crippen molar-refractivity contribution in [1.82, 2.24) is 15.5 Å². The highest BCUT2D eigenvalue weighted by molar-refractivity contribution is 6.09. The topological polar surface area (TPSA) is 97.0 Å². The number of fused-ring (bicyclic) bond motifs is 1. The number of nitrogens with zero attached hydrogens (tertiary/aromatic N) is 1. The molecule has 4 rings (SSSR count). The van der Waals surface area contributed by atoms with Gasteiger partial charge in [-0.05, 0) is 42.4 Å². The van der Waals surface area contributed by atoms with Crippen LogP contribution in [0, 0.1) is 11.8 Å². The van der Waals surface area contributed by atoms with Crippen molar-refractivity contribution in [1.29, 1.82) is 0 Å². The molecule has 0 aromatic heterocycles. The van der Waals surface area contributed by atoms with Gasteiger partial charge in [-0.25, -0.2) is 4.79 Å². The average Bonchev–Trinajstić information content (AvgIpc) is 2.98. The molecule has 0 radical (unpaired) electrons. The third-order valence-corrected chi connectivity index (χ3v) is 6.71. The van der Waals surface area contributed by atoms with E-state index in [2.05, 4.69) is 10.6 Å². The monoisotopic (exact) mass is 429 g/mol. The Kier molecular flexibility index (Phi) is 5.81. The van der Waals surface area contributed by atoms with Crippen molar-refractivity contribution in [3.8, 4) is 11.5 Å². The van der Waals surface area contributed by atoms with Crippen LogP contribution < -0.4 is 20.1 Å². The minimum absolute atomic E-state index is 0.0619. The standard InChI is InChI=1S/C23H31N3O5/c1-14(2)20(16-7-8-17-18(12-16)31-11-10-30-17)24-19(27)13-26-21(28)23(25-22(26)29)9-5-4-6-15(23)3/h7-8,12,14-15,20H,4-6,9-11,13H2,1-3H3,(H,24,27)(H,25,29)/t15-,20-,23+/m1/s1. The van der Waals surface area contributed by atoms with E-state index < -0.39 is 11.6 Å². The summed E-state index contributed by atoms with van der Waals surface area (Å²) < 4.78 is 11.2. The number of carbonyl (C=O) groups is 3. The molecule has 1 aromatic carbocycles. The van der Waals surface area contributed by atoms with E-state index >= 15 is 0 Å². The van der Waals surface area contributed by atoms with Gasteiger partial charge in [0.05, 0.1) is 6.04 Å². The highest BCUT2D eigenvalue weighted by Crippen LogP contribution is 2.38. The van der Waals surface area contributed by atoms with E-state index in [1.165, 1.54) is 0 Å². The second kappa shape index (κ2) is 8.40. The van der Waals surface area contributed by atoms with Crippen molar-refractivity contribution in [2.75, 3.05) is 19.8 Å². The van der Waals surface area contributed by atoms with Crippen LogP contribution in [0.2, 0.25) is 0 Å².